The van der Waals surface area contributed by atoms with Crippen molar-refractivity contribution in [1.29, 1.82) is 0 Å². The zero-order valence-electron chi connectivity index (χ0n) is 18.4. The molecule has 1 aliphatic rings. The molecule has 2 rings (SSSR count). The zero-order chi connectivity index (χ0) is 21.8. The van der Waals surface area contributed by atoms with E-state index in [1.165, 1.54) is 63.5 Å². The van der Waals surface area contributed by atoms with Crippen LogP contribution in [-0.4, -0.2) is 35.6 Å². The first-order valence-corrected chi connectivity index (χ1v) is 11.8. The summed E-state index contributed by atoms with van der Waals surface area (Å²) >= 11 is 6.19. The molecule has 0 N–H and O–H groups in total. The maximum Gasteiger partial charge on any atom is 0.271 e. The molecule has 1 fully saturated rings. The van der Waals surface area contributed by atoms with Gasteiger partial charge in [-0.25, -0.2) is 0 Å². The largest absolute Gasteiger partial charge is 0.492 e. The summed E-state index contributed by atoms with van der Waals surface area (Å²) in [7, 11) is 0. The fourth-order valence-electron chi connectivity index (χ4n) is 4.35. The van der Waals surface area contributed by atoms with Crippen molar-refractivity contribution in [2.45, 2.75) is 77.2 Å². The maximum atomic E-state index is 10.9. The molecule has 6 heteroatoms. The van der Waals surface area contributed by atoms with Crippen LogP contribution in [0.1, 0.15) is 71.1 Å². The molecule has 0 aromatic heterocycles. The Morgan fingerprint density at radius 2 is 2.03 bits per heavy atom. The van der Waals surface area contributed by atoms with Crippen molar-refractivity contribution in [2.24, 2.45) is 5.92 Å². The predicted octanol–water partition coefficient (Wildman–Crippen LogP) is 7.03. The molecular weight excluding hydrogens is 400 g/mol. The van der Waals surface area contributed by atoms with Gasteiger partial charge in [-0.05, 0) is 44.2 Å². The van der Waals surface area contributed by atoms with Gasteiger partial charge in [-0.15, -0.1) is 6.58 Å². The van der Waals surface area contributed by atoms with Gasteiger partial charge in [0.1, 0.15) is 5.75 Å². The van der Waals surface area contributed by atoms with E-state index in [9.17, 15) is 10.1 Å². The molecular formula is C24H37ClN2O3. The molecule has 1 aromatic carbocycles. The molecule has 1 aromatic rings. The van der Waals surface area contributed by atoms with Crippen LogP contribution >= 0.6 is 11.6 Å². The SMILES string of the molecule is C=CCN(CCCCCCC)C1CCCCC(COc2ccc([N+](=O)[O-])cc2Cl)C1. The Morgan fingerprint density at radius 1 is 1.27 bits per heavy atom. The van der Waals surface area contributed by atoms with Gasteiger partial charge in [-0.3, -0.25) is 15.0 Å². The number of unbranched alkanes of at least 4 members (excludes halogenated alkanes) is 4. The van der Waals surface area contributed by atoms with Gasteiger partial charge in [-0.2, -0.15) is 0 Å². The highest BCUT2D eigenvalue weighted by atomic mass is 35.5. The molecule has 1 aliphatic carbocycles. The number of nitro groups is 1. The van der Waals surface area contributed by atoms with Crippen LogP contribution in [0.3, 0.4) is 0 Å². The molecule has 0 heterocycles. The van der Waals surface area contributed by atoms with Crippen LogP contribution in [0, 0.1) is 16.0 Å². The highest BCUT2D eigenvalue weighted by molar-refractivity contribution is 6.32. The van der Waals surface area contributed by atoms with Gasteiger partial charge in [-0.1, -0.05) is 63.1 Å². The molecule has 30 heavy (non-hydrogen) atoms. The van der Waals surface area contributed by atoms with E-state index in [1.54, 1.807) is 6.07 Å². The lowest BCUT2D eigenvalue weighted by Crippen LogP contribution is -2.37. The molecule has 2 unspecified atom stereocenters. The smallest absolute Gasteiger partial charge is 0.271 e. The molecule has 1 saturated carbocycles. The van der Waals surface area contributed by atoms with Gasteiger partial charge >= 0.3 is 0 Å². The van der Waals surface area contributed by atoms with Crippen molar-refractivity contribution in [3.8, 4) is 5.75 Å². The summed E-state index contributed by atoms with van der Waals surface area (Å²) in [4.78, 5) is 13.0. The van der Waals surface area contributed by atoms with Crippen LogP contribution < -0.4 is 4.74 Å². The second-order valence-electron chi connectivity index (χ2n) is 8.42. The third-order valence-corrected chi connectivity index (χ3v) is 6.33. The predicted molar refractivity (Wildman–Crippen MR) is 124 cm³/mol. The van der Waals surface area contributed by atoms with E-state index in [1.807, 2.05) is 6.08 Å². The number of nitro benzene ring substituents is 1. The fraction of sp³-hybridized carbons (Fsp3) is 0.667. The molecule has 0 spiro atoms. The van der Waals surface area contributed by atoms with Crippen molar-refractivity contribution in [3.63, 3.8) is 0 Å². The first-order valence-electron chi connectivity index (χ1n) is 11.5. The third kappa shape index (κ3) is 8.27. The van der Waals surface area contributed by atoms with E-state index in [0.29, 0.717) is 29.3 Å². The Hall–Kier alpha value is -1.59. The molecule has 0 radical (unpaired) electrons. The minimum Gasteiger partial charge on any atom is -0.492 e. The van der Waals surface area contributed by atoms with Gasteiger partial charge in [0.25, 0.3) is 5.69 Å². The lowest BCUT2D eigenvalue weighted by atomic mass is 9.97. The number of benzene rings is 1. The standard InChI is InChI=1S/C24H37ClN2O3/c1-3-5-6-7-10-16-26(15-4-2)21-12-9-8-11-20(17-21)19-30-24-14-13-22(27(28)29)18-23(24)25/h4,13-14,18,20-21H,2-3,5-12,15-17,19H2,1H3. The minimum absolute atomic E-state index is 0.0131. The number of nitrogens with zero attached hydrogens (tertiary/aromatic N) is 2. The van der Waals surface area contributed by atoms with Crippen LogP contribution in [0.4, 0.5) is 5.69 Å². The Labute approximate surface area is 186 Å². The minimum atomic E-state index is -0.442. The van der Waals surface area contributed by atoms with E-state index >= 15 is 0 Å². The number of ether oxygens (including phenoxy) is 1. The highest BCUT2D eigenvalue weighted by Gasteiger charge is 2.25. The van der Waals surface area contributed by atoms with Gasteiger partial charge < -0.3 is 4.74 Å². The zero-order valence-corrected chi connectivity index (χ0v) is 19.1. The maximum absolute atomic E-state index is 10.9. The van der Waals surface area contributed by atoms with Crippen molar-refractivity contribution < 1.29 is 9.66 Å². The van der Waals surface area contributed by atoms with E-state index in [-0.39, 0.29) is 5.69 Å². The fourth-order valence-corrected chi connectivity index (χ4v) is 4.58. The molecule has 0 aliphatic heterocycles. The van der Waals surface area contributed by atoms with Crippen molar-refractivity contribution in [3.05, 3.63) is 46.0 Å². The van der Waals surface area contributed by atoms with Crippen LogP contribution in [0.2, 0.25) is 5.02 Å². The Bertz CT molecular complexity index is 668. The van der Waals surface area contributed by atoms with Crippen LogP contribution in [0.25, 0.3) is 0 Å². The van der Waals surface area contributed by atoms with E-state index in [4.69, 9.17) is 16.3 Å². The monoisotopic (exact) mass is 436 g/mol. The second-order valence-corrected chi connectivity index (χ2v) is 8.83. The van der Waals surface area contributed by atoms with E-state index < -0.39 is 4.92 Å². The summed E-state index contributed by atoms with van der Waals surface area (Å²) in [5.41, 5.74) is -0.0131. The van der Waals surface area contributed by atoms with Gasteiger partial charge in [0.05, 0.1) is 16.6 Å². The highest BCUT2D eigenvalue weighted by Crippen LogP contribution is 2.31. The summed E-state index contributed by atoms with van der Waals surface area (Å²) in [6.07, 6.45) is 14.5. The average molecular weight is 437 g/mol. The molecule has 0 bridgehead atoms. The second kappa shape index (κ2) is 13.7. The first kappa shape index (κ1) is 24.7. The quantitative estimate of drug-likeness (QED) is 0.109. The summed E-state index contributed by atoms with van der Waals surface area (Å²) < 4.78 is 5.99. The molecule has 0 amide bonds. The first-order chi connectivity index (χ1) is 14.5. The van der Waals surface area contributed by atoms with Crippen LogP contribution in [0.5, 0.6) is 5.75 Å². The van der Waals surface area contributed by atoms with Crippen molar-refractivity contribution in [1.82, 2.24) is 4.90 Å². The normalized spacial score (nSPS) is 19.4. The van der Waals surface area contributed by atoms with E-state index in [0.717, 1.165) is 25.9 Å². The molecule has 2 atom stereocenters. The van der Waals surface area contributed by atoms with Crippen molar-refractivity contribution >= 4 is 17.3 Å². The van der Waals surface area contributed by atoms with E-state index in [2.05, 4.69) is 18.4 Å². The summed E-state index contributed by atoms with van der Waals surface area (Å²) in [6.45, 7) is 8.91. The molecule has 168 valence electrons. The number of rotatable bonds is 13. The van der Waals surface area contributed by atoms with Crippen LogP contribution in [0.15, 0.2) is 30.9 Å². The topological polar surface area (TPSA) is 55.6 Å². The van der Waals surface area contributed by atoms with Gasteiger partial charge in [0, 0.05) is 24.7 Å². The lowest BCUT2D eigenvalue weighted by molar-refractivity contribution is -0.384. The molecule has 0 saturated heterocycles. The van der Waals surface area contributed by atoms with Gasteiger partial charge in [0.15, 0.2) is 0 Å². The summed E-state index contributed by atoms with van der Waals surface area (Å²) in [5.74, 6) is 0.998. The third-order valence-electron chi connectivity index (χ3n) is 6.03. The number of non-ortho nitro benzene ring substituents is 1. The number of halogens is 1. The average Bonchev–Trinajstić information content (AvgIpc) is 2.97. The Balaban J connectivity index is 1.90. The van der Waals surface area contributed by atoms with Gasteiger partial charge in [0.2, 0.25) is 0 Å². The van der Waals surface area contributed by atoms with Crippen LogP contribution in [-0.2, 0) is 0 Å². The Kier molecular flexibility index (Phi) is 11.2. The van der Waals surface area contributed by atoms with Crippen molar-refractivity contribution in [2.75, 3.05) is 19.7 Å². The molecule has 5 nitrogen and oxygen atoms in total. The Morgan fingerprint density at radius 3 is 2.73 bits per heavy atom. The lowest BCUT2D eigenvalue weighted by Gasteiger charge is -2.32. The summed E-state index contributed by atoms with van der Waals surface area (Å²) in [5, 5.41) is 11.2. The number of hydrogen-bond donors (Lipinski definition) is 0. The number of hydrogen-bond acceptors (Lipinski definition) is 4. The summed E-state index contributed by atoms with van der Waals surface area (Å²) in [6, 6.07) is 4.98.